The van der Waals surface area contributed by atoms with E-state index in [0.717, 1.165) is 5.69 Å². The molecule has 0 fully saturated rings. The lowest BCUT2D eigenvalue weighted by atomic mass is 10.3. The van der Waals surface area contributed by atoms with E-state index in [-0.39, 0.29) is 9.92 Å². The molecule has 5 nitrogen and oxygen atoms in total. The van der Waals surface area contributed by atoms with Crippen LogP contribution in [0.2, 0.25) is 10.0 Å². The highest BCUT2D eigenvalue weighted by molar-refractivity contribution is 7.92. The van der Waals surface area contributed by atoms with Crippen molar-refractivity contribution in [2.45, 2.75) is 4.90 Å². The zero-order valence-electron chi connectivity index (χ0n) is 12.8. The number of aromatic nitrogens is 1. The lowest BCUT2D eigenvalue weighted by molar-refractivity contribution is 0.601. The van der Waals surface area contributed by atoms with E-state index in [1.54, 1.807) is 36.4 Å². The number of pyridine rings is 1. The number of hydrogen-bond acceptors (Lipinski definition) is 4. The predicted octanol–water partition coefficient (Wildman–Crippen LogP) is 4.93. The van der Waals surface area contributed by atoms with Crippen molar-refractivity contribution in [3.05, 3.63) is 76.9 Å². The fourth-order valence-electron chi connectivity index (χ4n) is 2.12. The number of halogens is 2. The molecule has 2 aromatic carbocycles. The van der Waals surface area contributed by atoms with E-state index in [0.29, 0.717) is 16.5 Å². The summed E-state index contributed by atoms with van der Waals surface area (Å²) >= 11 is 11.9. The van der Waals surface area contributed by atoms with Gasteiger partial charge in [-0.2, -0.15) is 0 Å². The zero-order chi connectivity index (χ0) is 17.9. The van der Waals surface area contributed by atoms with E-state index in [1.165, 1.54) is 18.3 Å². The third kappa shape index (κ3) is 4.42. The van der Waals surface area contributed by atoms with Crippen LogP contribution in [0.15, 0.2) is 71.8 Å². The number of anilines is 3. The van der Waals surface area contributed by atoms with Gasteiger partial charge >= 0.3 is 0 Å². The maximum atomic E-state index is 12.4. The average molecular weight is 394 g/mol. The summed E-state index contributed by atoms with van der Waals surface area (Å²) in [4.78, 5) is 4.20. The highest BCUT2D eigenvalue weighted by Crippen LogP contribution is 2.24. The van der Waals surface area contributed by atoms with E-state index in [1.807, 2.05) is 12.1 Å². The van der Waals surface area contributed by atoms with Crippen LogP contribution in [0.5, 0.6) is 0 Å². The number of rotatable bonds is 5. The first-order valence-electron chi connectivity index (χ1n) is 7.20. The van der Waals surface area contributed by atoms with Gasteiger partial charge < -0.3 is 5.32 Å². The molecule has 0 radical (unpaired) electrons. The first kappa shape index (κ1) is 17.5. The van der Waals surface area contributed by atoms with Gasteiger partial charge in [0.15, 0.2) is 0 Å². The van der Waals surface area contributed by atoms with Gasteiger partial charge in [0.05, 0.1) is 16.9 Å². The molecule has 0 bridgehead atoms. The molecule has 0 saturated heterocycles. The van der Waals surface area contributed by atoms with Gasteiger partial charge in [-0.3, -0.25) is 4.72 Å². The van der Waals surface area contributed by atoms with Crippen LogP contribution >= 0.6 is 23.2 Å². The fraction of sp³-hybridized carbons (Fsp3) is 0. The summed E-state index contributed by atoms with van der Waals surface area (Å²) in [5.41, 5.74) is 1.11. The maximum Gasteiger partial charge on any atom is 0.263 e. The first-order valence-corrected chi connectivity index (χ1v) is 9.44. The molecule has 1 aromatic heterocycles. The van der Waals surface area contributed by atoms with Crippen molar-refractivity contribution in [3.63, 3.8) is 0 Å². The molecule has 1 heterocycles. The van der Waals surface area contributed by atoms with Crippen molar-refractivity contribution in [2.75, 3.05) is 10.0 Å². The lowest BCUT2D eigenvalue weighted by Crippen LogP contribution is -2.13. The molecule has 0 amide bonds. The van der Waals surface area contributed by atoms with Crippen molar-refractivity contribution in [1.29, 1.82) is 0 Å². The molecule has 25 heavy (non-hydrogen) atoms. The van der Waals surface area contributed by atoms with Gasteiger partial charge in [0.25, 0.3) is 10.0 Å². The monoisotopic (exact) mass is 393 g/mol. The smallest absolute Gasteiger partial charge is 0.263 e. The number of nitrogens with one attached hydrogen (secondary N) is 2. The van der Waals surface area contributed by atoms with Gasteiger partial charge in [0.2, 0.25) is 0 Å². The van der Waals surface area contributed by atoms with Crippen LogP contribution in [-0.4, -0.2) is 13.4 Å². The minimum absolute atomic E-state index is 0.0118. The molecule has 0 aliphatic heterocycles. The van der Waals surface area contributed by atoms with E-state index in [9.17, 15) is 8.42 Å². The second-order valence-corrected chi connectivity index (χ2v) is 7.60. The molecular formula is C17H13Cl2N3O2S. The normalized spacial score (nSPS) is 11.1. The van der Waals surface area contributed by atoms with Crippen LogP contribution in [0.1, 0.15) is 0 Å². The molecule has 128 valence electrons. The Morgan fingerprint density at radius 1 is 0.880 bits per heavy atom. The number of sulfonamides is 1. The highest BCUT2D eigenvalue weighted by Gasteiger charge is 2.17. The average Bonchev–Trinajstić information content (AvgIpc) is 2.57. The van der Waals surface area contributed by atoms with Crippen LogP contribution in [-0.2, 0) is 10.0 Å². The van der Waals surface area contributed by atoms with Crippen LogP contribution < -0.4 is 10.0 Å². The number of benzene rings is 2. The van der Waals surface area contributed by atoms with Crippen molar-refractivity contribution < 1.29 is 8.42 Å². The Kier molecular flexibility index (Phi) is 5.13. The lowest BCUT2D eigenvalue weighted by Gasteiger charge is -2.10. The topological polar surface area (TPSA) is 71.1 Å². The largest absolute Gasteiger partial charge is 0.340 e. The minimum Gasteiger partial charge on any atom is -0.340 e. The van der Waals surface area contributed by atoms with Crippen molar-refractivity contribution >= 4 is 50.4 Å². The first-order chi connectivity index (χ1) is 11.9. The Morgan fingerprint density at radius 3 is 2.36 bits per heavy atom. The van der Waals surface area contributed by atoms with Gasteiger partial charge in [-0.05, 0) is 42.5 Å². The van der Waals surface area contributed by atoms with Crippen LogP contribution in [0.4, 0.5) is 17.2 Å². The number of nitrogens with zero attached hydrogens (tertiary/aromatic N) is 1. The van der Waals surface area contributed by atoms with E-state index >= 15 is 0 Å². The van der Waals surface area contributed by atoms with Crippen LogP contribution in [0, 0.1) is 0 Å². The summed E-state index contributed by atoms with van der Waals surface area (Å²) in [5, 5.41) is 3.84. The van der Waals surface area contributed by atoms with E-state index < -0.39 is 10.0 Å². The van der Waals surface area contributed by atoms with Gasteiger partial charge in [0.1, 0.15) is 10.7 Å². The molecule has 3 aromatic rings. The quantitative estimate of drug-likeness (QED) is 0.644. The molecule has 8 heteroatoms. The minimum atomic E-state index is -3.78. The SMILES string of the molecule is O=S(=O)(Nc1ccc(Nc2cccc(Cl)c2)nc1)c1ccccc1Cl. The molecule has 0 unspecified atom stereocenters. The van der Waals surface area contributed by atoms with Gasteiger partial charge in [-0.15, -0.1) is 0 Å². The third-order valence-electron chi connectivity index (χ3n) is 3.24. The molecule has 0 aliphatic carbocycles. The van der Waals surface area contributed by atoms with Gasteiger partial charge in [-0.1, -0.05) is 41.4 Å². The summed E-state index contributed by atoms with van der Waals surface area (Å²) in [6.45, 7) is 0. The van der Waals surface area contributed by atoms with Crippen molar-refractivity contribution in [3.8, 4) is 0 Å². The Balaban J connectivity index is 1.75. The Bertz CT molecular complexity index is 993. The summed E-state index contributed by atoms with van der Waals surface area (Å²) in [7, 11) is -3.78. The molecule has 0 saturated carbocycles. The maximum absolute atomic E-state index is 12.4. The summed E-state index contributed by atoms with van der Waals surface area (Å²) < 4.78 is 27.2. The molecular weight excluding hydrogens is 381 g/mol. The van der Waals surface area contributed by atoms with E-state index in [4.69, 9.17) is 23.2 Å². The van der Waals surface area contributed by atoms with E-state index in [2.05, 4.69) is 15.0 Å². The Hall–Kier alpha value is -2.28. The molecule has 2 N–H and O–H groups in total. The van der Waals surface area contributed by atoms with Crippen LogP contribution in [0.3, 0.4) is 0 Å². The predicted molar refractivity (Wildman–Crippen MR) is 101 cm³/mol. The second-order valence-electron chi connectivity index (χ2n) is 5.10. The standard InChI is InChI=1S/C17H13Cl2N3O2S/c18-12-4-3-5-13(10-12)21-17-9-8-14(11-20-17)22-25(23,24)16-7-2-1-6-15(16)19/h1-11,22H,(H,20,21). The number of hydrogen-bond donors (Lipinski definition) is 2. The third-order valence-corrected chi connectivity index (χ3v) is 5.36. The molecule has 0 atom stereocenters. The molecule has 0 spiro atoms. The second kappa shape index (κ2) is 7.31. The molecule has 3 rings (SSSR count). The molecule has 0 aliphatic rings. The highest BCUT2D eigenvalue weighted by atomic mass is 35.5. The summed E-state index contributed by atoms with van der Waals surface area (Å²) in [6, 6.07) is 16.7. The van der Waals surface area contributed by atoms with Gasteiger partial charge in [0, 0.05) is 10.7 Å². The van der Waals surface area contributed by atoms with Gasteiger partial charge in [-0.25, -0.2) is 13.4 Å². The Morgan fingerprint density at radius 2 is 1.68 bits per heavy atom. The summed E-state index contributed by atoms with van der Waals surface area (Å²) in [6.07, 6.45) is 1.42. The van der Waals surface area contributed by atoms with Crippen LogP contribution in [0.25, 0.3) is 0 Å². The van der Waals surface area contributed by atoms with Crippen molar-refractivity contribution in [1.82, 2.24) is 4.98 Å². The zero-order valence-corrected chi connectivity index (χ0v) is 15.1. The summed E-state index contributed by atoms with van der Waals surface area (Å²) in [5.74, 6) is 0.558. The fourth-order valence-corrected chi connectivity index (χ4v) is 3.87. The Labute approximate surface area is 155 Å². The van der Waals surface area contributed by atoms with Crippen molar-refractivity contribution in [2.24, 2.45) is 0 Å².